The maximum absolute atomic E-state index is 5.90. The number of hydrogen-bond donors (Lipinski definition) is 2. The highest BCUT2D eigenvalue weighted by Crippen LogP contribution is 2.21. The molecule has 14 heavy (non-hydrogen) atoms. The van der Waals surface area contributed by atoms with E-state index in [1.807, 2.05) is 0 Å². The lowest BCUT2D eigenvalue weighted by Crippen LogP contribution is -2.52. The highest BCUT2D eigenvalue weighted by molar-refractivity contribution is 4.88. The lowest BCUT2D eigenvalue weighted by Gasteiger charge is -2.35. The summed E-state index contributed by atoms with van der Waals surface area (Å²) < 4.78 is 0. The fourth-order valence-corrected chi connectivity index (χ4v) is 1.84. The normalized spacial score (nSPS) is 17.8. The lowest BCUT2D eigenvalue weighted by atomic mass is 9.84. The molecule has 0 saturated carbocycles. The maximum Gasteiger partial charge on any atom is 0.0303 e. The molecule has 0 aromatic heterocycles. The molecule has 0 spiro atoms. The standard InChI is InChI=1S/C12H28N2/c1-5-8-14-12(7-3,10-13)9-11(4)6-2/h11,14H,5-10,13H2,1-4H3. The Balaban J connectivity index is 4.20. The van der Waals surface area contributed by atoms with Crippen LogP contribution in [0.1, 0.15) is 53.4 Å². The Morgan fingerprint density at radius 3 is 2.29 bits per heavy atom. The second kappa shape index (κ2) is 7.24. The van der Waals surface area contributed by atoms with E-state index in [1.54, 1.807) is 0 Å². The van der Waals surface area contributed by atoms with E-state index in [9.17, 15) is 0 Å². The molecule has 0 aliphatic rings. The maximum atomic E-state index is 5.90. The van der Waals surface area contributed by atoms with Crippen LogP contribution in [-0.2, 0) is 0 Å². The van der Waals surface area contributed by atoms with E-state index in [2.05, 4.69) is 33.0 Å². The smallest absolute Gasteiger partial charge is 0.0303 e. The highest BCUT2D eigenvalue weighted by Gasteiger charge is 2.26. The third-order valence-electron chi connectivity index (χ3n) is 3.25. The van der Waals surface area contributed by atoms with E-state index in [4.69, 9.17) is 5.73 Å². The molecule has 0 fully saturated rings. The first-order valence-corrected chi connectivity index (χ1v) is 6.09. The molecule has 0 amide bonds. The van der Waals surface area contributed by atoms with E-state index < -0.39 is 0 Å². The van der Waals surface area contributed by atoms with E-state index in [1.165, 1.54) is 19.3 Å². The van der Waals surface area contributed by atoms with Gasteiger partial charge in [0, 0.05) is 12.1 Å². The molecule has 2 atom stereocenters. The monoisotopic (exact) mass is 200 g/mol. The molecular weight excluding hydrogens is 172 g/mol. The summed E-state index contributed by atoms with van der Waals surface area (Å²) in [5.41, 5.74) is 6.09. The fourth-order valence-electron chi connectivity index (χ4n) is 1.84. The summed E-state index contributed by atoms with van der Waals surface area (Å²) in [4.78, 5) is 0. The van der Waals surface area contributed by atoms with Gasteiger partial charge in [-0.3, -0.25) is 0 Å². The molecule has 0 aliphatic heterocycles. The van der Waals surface area contributed by atoms with Gasteiger partial charge in [0.05, 0.1) is 0 Å². The highest BCUT2D eigenvalue weighted by atomic mass is 15.0. The Hall–Kier alpha value is -0.0800. The van der Waals surface area contributed by atoms with E-state index in [0.717, 1.165) is 25.4 Å². The molecule has 0 aromatic rings. The summed E-state index contributed by atoms with van der Waals surface area (Å²) in [6.07, 6.45) is 4.77. The summed E-state index contributed by atoms with van der Waals surface area (Å²) in [5.74, 6) is 0.767. The summed E-state index contributed by atoms with van der Waals surface area (Å²) in [6.45, 7) is 10.8. The summed E-state index contributed by atoms with van der Waals surface area (Å²) in [5, 5.41) is 3.62. The molecule has 0 bridgehead atoms. The van der Waals surface area contributed by atoms with Gasteiger partial charge in [-0.25, -0.2) is 0 Å². The van der Waals surface area contributed by atoms with Crippen LogP contribution in [0.15, 0.2) is 0 Å². The average Bonchev–Trinajstić information content (AvgIpc) is 2.24. The van der Waals surface area contributed by atoms with Crippen LogP contribution in [0, 0.1) is 5.92 Å². The zero-order valence-corrected chi connectivity index (χ0v) is 10.4. The van der Waals surface area contributed by atoms with Crippen molar-refractivity contribution in [3.63, 3.8) is 0 Å². The number of rotatable bonds is 8. The third-order valence-corrected chi connectivity index (χ3v) is 3.25. The van der Waals surface area contributed by atoms with Gasteiger partial charge in [-0.15, -0.1) is 0 Å². The summed E-state index contributed by atoms with van der Waals surface area (Å²) >= 11 is 0. The van der Waals surface area contributed by atoms with Crippen molar-refractivity contribution in [2.24, 2.45) is 11.7 Å². The van der Waals surface area contributed by atoms with Crippen molar-refractivity contribution >= 4 is 0 Å². The van der Waals surface area contributed by atoms with E-state index >= 15 is 0 Å². The molecule has 0 rings (SSSR count). The summed E-state index contributed by atoms with van der Waals surface area (Å²) in [6, 6.07) is 0. The van der Waals surface area contributed by atoms with Gasteiger partial charge < -0.3 is 11.1 Å². The molecule has 0 aromatic carbocycles. The van der Waals surface area contributed by atoms with Gasteiger partial charge in [0.15, 0.2) is 0 Å². The van der Waals surface area contributed by atoms with Gasteiger partial charge in [0.1, 0.15) is 0 Å². The average molecular weight is 200 g/mol. The van der Waals surface area contributed by atoms with Crippen molar-refractivity contribution in [2.45, 2.75) is 58.9 Å². The Kier molecular flexibility index (Phi) is 7.20. The molecule has 86 valence electrons. The summed E-state index contributed by atoms with van der Waals surface area (Å²) in [7, 11) is 0. The van der Waals surface area contributed by atoms with E-state index in [-0.39, 0.29) is 5.54 Å². The molecule has 0 saturated heterocycles. The second-order valence-corrected chi connectivity index (χ2v) is 4.48. The predicted molar refractivity (Wildman–Crippen MR) is 64.4 cm³/mol. The van der Waals surface area contributed by atoms with Gasteiger partial charge in [0.25, 0.3) is 0 Å². The molecule has 0 aliphatic carbocycles. The van der Waals surface area contributed by atoms with Gasteiger partial charge in [0.2, 0.25) is 0 Å². The largest absolute Gasteiger partial charge is 0.329 e. The molecule has 0 heterocycles. The van der Waals surface area contributed by atoms with Crippen molar-refractivity contribution in [1.29, 1.82) is 0 Å². The molecule has 3 N–H and O–H groups in total. The topological polar surface area (TPSA) is 38.0 Å². The zero-order chi connectivity index (χ0) is 11.0. The second-order valence-electron chi connectivity index (χ2n) is 4.48. The molecule has 2 heteroatoms. The van der Waals surface area contributed by atoms with Crippen LogP contribution in [0.25, 0.3) is 0 Å². The van der Waals surface area contributed by atoms with E-state index in [0.29, 0.717) is 0 Å². The third kappa shape index (κ3) is 4.43. The molecule has 2 unspecified atom stereocenters. The van der Waals surface area contributed by atoms with Crippen LogP contribution >= 0.6 is 0 Å². The van der Waals surface area contributed by atoms with Crippen molar-refractivity contribution in [2.75, 3.05) is 13.1 Å². The minimum absolute atomic E-state index is 0.186. The minimum Gasteiger partial charge on any atom is -0.329 e. The van der Waals surface area contributed by atoms with Crippen LogP contribution in [0.4, 0.5) is 0 Å². The number of nitrogens with two attached hydrogens (primary N) is 1. The van der Waals surface area contributed by atoms with Crippen molar-refractivity contribution < 1.29 is 0 Å². The van der Waals surface area contributed by atoms with Gasteiger partial charge in [-0.1, -0.05) is 34.1 Å². The molecule has 2 nitrogen and oxygen atoms in total. The zero-order valence-electron chi connectivity index (χ0n) is 10.4. The molecular formula is C12H28N2. The lowest BCUT2D eigenvalue weighted by molar-refractivity contribution is 0.255. The van der Waals surface area contributed by atoms with Crippen LogP contribution in [0.2, 0.25) is 0 Å². The van der Waals surface area contributed by atoms with Gasteiger partial charge in [-0.05, 0) is 31.7 Å². The number of nitrogens with one attached hydrogen (secondary N) is 1. The van der Waals surface area contributed by atoms with Gasteiger partial charge >= 0.3 is 0 Å². The van der Waals surface area contributed by atoms with Crippen LogP contribution in [-0.4, -0.2) is 18.6 Å². The predicted octanol–water partition coefficient (Wildman–Crippen LogP) is 2.53. The first-order chi connectivity index (χ1) is 6.64. The quantitative estimate of drug-likeness (QED) is 0.632. The SMILES string of the molecule is CCCNC(CC)(CN)CC(C)CC. The van der Waals surface area contributed by atoms with Crippen molar-refractivity contribution in [3.8, 4) is 0 Å². The van der Waals surface area contributed by atoms with Gasteiger partial charge in [-0.2, -0.15) is 0 Å². The van der Waals surface area contributed by atoms with Crippen molar-refractivity contribution in [3.05, 3.63) is 0 Å². The fraction of sp³-hybridized carbons (Fsp3) is 1.00. The Morgan fingerprint density at radius 2 is 1.93 bits per heavy atom. The Bertz CT molecular complexity index is 130. The van der Waals surface area contributed by atoms with Crippen LogP contribution in [0.3, 0.4) is 0 Å². The number of hydrogen-bond acceptors (Lipinski definition) is 2. The Morgan fingerprint density at radius 1 is 1.29 bits per heavy atom. The first kappa shape index (κ1) is 13.9. The Labute approximate surface area is 89.6 Å². The molecule has 0 radical (unpaired) electrons. The van der Waals surface area contributed by atoms with Crippen LogP contribution < -0.4 is 11.1 Å². The van der Waals surface area contributed by atoms with Crippen LogP contribution in [0.5, 0.6) is 0 Å². The van der Waals surface area contributed by atoms with Crippen molar-refractivity contribution in [1.82, 2.24) is 5.32 Å². The minimum atomic E-state index is 0.186. The first-order valence-electron chi connectivity index (χ1n) is 6.09.